The zero-order valence-electron chi connectivity index (χ0n) is 17.8. The van der Waals surface area contributed by atoms with Crippen LogP contribution in [0.4, 0.5) is 0 Å². The van der Waals surface area contributed by atoms with E-state index in [2.05, 4.69) is 35.7 Å². The van der Waals surface area contributed by atoms with Gasteiger partial charge < -0.3 is 4.74 Å². The number of aromatic nitrogens is 5. The van der Waals surface area contributed by atoms with Crippen LogP contribution < -0.4 is 10.4 Å². The molecule has 0 spiro atoms. The van der Waals surface area contributed by atoms with Crippen LogP contribution in [0.15, 0.2) is 53.7 Å². The van der Waals surface area contributed by atoms with Gasteiger partial charge in [-0.25, -0.2) is 14.8 Å². The fourth-order valence-corrected chi connectivity index (χ4v) is 3.40. The monoisotopic (exact) mass is 414 g/mol. The summed E-state index contributed by atoms with van der Waals surface area (Å²) in [7, 11) is 1.77. The van der Waals surface area contributed by atoms with Crippen molar-refractivity contribution >= 4 is 11.0 Å². The summed E-state index contributed by atoms with van der Waals surface area (Å²) in [6, 6.07) is 11.1. The molecule has 0 amide bonds. The first-order valence-electron chi connectivity index (χ1n) is 9.81. The molecule has 0 N–H and O–H groups in total. The molecule has 0 bridgehead atoms. The lowest BCUT2D eigenvalue weighted by atomic mass is 9.97. The van der Waals surface area contributed by atoms with Gasteiger partial charge in [0.2, 0.25) is 5.88 Å². The molecule has 0 aliphatic rings. The summed E-state index contributed by atoms with van der Waals surface area (Å²) in [4.78, 5) is 25.5. The molecule has 0 atom stereocenters. The Hall–Kier alpha value is -3.99. The van der Waals surface area contributed by atoms with Crippen LogP contribution in [0, 0.1) is 16.7 Å². The van der Waals surface area contributed by atoms with Gasteiger partial charge >= 0.3 is 5.69 Å². The Morgan fingerprint density at radius 3 is 2.71 bits per heavy atom. The molecule has 31 heavy (non-hydrogen) atoms. The predicted molar refractivity (Wildman–Crippen MR) is 117 cm³/mol. The largest absolute Gasteiger partial charge is 0.434 e. The van der Waals surface area contributed by atoms with Crippen molar-refractivity contribution in [3.05, 3.63) is 65.1 Å². The minimum absolute atomic E-state index is 0.0253. The Morgan fingerprint density at radius 2 is 1.97 bits per heavy atom. The summed E-state index contributed by atoms with van der Waals surface area (Å²) in [6.07, 6.45) is 4.64. The zero-order valence-corrected chi connectivity index (χ0v) is 17.8. The van der Waals surface area contributed by atoms with Crippen molar-refractivity contribution in [1.82, 2.24) is 24.1 Å². The van der Waals surface area contributed by atoms with E-state index in [4.69, 9.17) is 4.74 Å². The van der Waals surface area contributed by atoms with E-state index in [0.29, 0.717) is 18.0 Å². The van der Waals surface area contributed by atoms with E-state index in [1.807, 2.05) is 24.3 Å². The van der Waals surface area contributed by atoms with Gasteiger partial charge in [0.25, 0.3) is 0 Å². The number of aryl methyl sites for hydroxylation is 1. The summed E-state index contributed by atoms with van der Waals surface area (Å²) < 4.78 is 9.18. The summed E-state index contributed by atoms with van der Waals surface area (Å²) in [6.45, 7) is 6.94. The van der Waals surface area contributed by atoms with Crippen molar-refractivity contribution < 1.29 is 4.74 Å². The van der Waals surface area contributed by atoms with Gasteiger partial charge in [-0.05, 0) is 29.7 Å². The highest BCUT2D eigenvalue weighted by Gasteiger charge is 2.18. The average Bonchev–Trinajstić information content (AvgIpc) is 2.97. The third kappa shape index (κ3) is 4.03. The molecule has 3 aromatic heterocycles. The Morgan fingerprint density at radius 1 is 1.16 bits per heavy atom. The van der Waals surface area contributed by atoms with Crippen LogP contribution in [0.1, 0.15) is 26.5 Å². The molecule has 8 nitrogen and oxygen atoms in total. The fourth-order valence-electron chi connectivity index (χ4n) is 3.40. The lowest BCUT2D eigenvalue weighted by molar-refractivity contribution is 0.342. The number of pyridine rings is 1. The number of nitriles is 1. The lowest BCUT2D eigenvalue weighted by Gasteiger charge is -2.18. The standard InChI is InChI=1S/C23H22N6O2/c1-23(2,3)14-29-18-8-7-15(10-19(18)28(4)22(29)30)17-12-25-13-21(27-17)31-20-6-5-9-26-16(20)11-24/h5-10,12-13H,14H2,1-4H3. The maximum Gasteiger partial charge on any atom is 0.328 e. The molecular formula is C23H22N6O2. The van der Waals surface area contributed by atoms with Crippen molar-refractivity contribution in [2.24, 2.45) is 12.5 Å². The van der Waals surface area contributed by atoms with Crippen LogP contribution in [0.3, 0.4) is 0 Å². The summed E-state index contributed by atoms with van der Waals surface area (Å²) >= 11 is 0. The van der Waals surface area contributed by atoms with Crippen LogP contribution in [0.5, 0.6) is 11.6 Å². The molecule has 4 aromatic rings. The van der Waals surface area contributed by atoms with E-state index in [1.165, 1.54) is 12.4 Å². The number of rotatable bonds is 4. The molecular weight excluding hydrogens is 392 g/mol. The third-order valence-corrected chi connectivity index (χ3v) is 4.78. The average molecular weight is 414 g/mol. The second-order valence-corrected chi connectivity index (χ2v) is 8.50. The lowest BCUT2D eigenvalue weighted by Crippen LogP contribution is -2.27. The first-order valence-corrected chi connectivity index (χ1v) is 9.81. The number of benzene rings is 1. The van der Waals surface area contributed by atoms with Crippen LogP contribution in [-0.2, 0) is 13.6 Å². The molecule has 0 fully saturated rings. The van der Waals surface area contributed by atoms with Gasteiger partial charge in [-0.2, -0.15) is 5.26 Å². The Bertz CT molecular complexity index is 1370. The van der Waals surface area contributed by atoms with Gasteiger partial charge in [-0.3, -0.25) is 14.1 Å². The number of hydrogen-bond acceptors (Lipinski definition) is 6. The molecule has 0 aliphatic heterocycles. The quantitative estimate of drug-likeness (QED) is 0.502. The van der Waals surface area contributed by atoms with E-state index in [0.717, 1.165) is 16.6 Å². The SMILES string of the molecule is Cn1c(=O)n(CC(C)(C)C)c2ccc(-c3cncc(Oc4cccnc4C#N)n3)cc21. The molecule has 0 saturated carbocycles. The van der Waals surface area contributed by atoms with Gasteiger partial charge in [-0.15, -0.1) is 0 Å². The van der Waals surface area contributed by atoms with Crippen molar-refractivity contribution in [3.63, 3.8) is 0 Å². The molecule has 1 aromatic carbocycles. The Balaban J connectivity index is 1.73. The van der Waals surface area contributed by atoms with E-state index >= 15 is 0 Å². The first-order chi connectivity index (χ1) is 14.8. The van der Waals surface area contributed by atoms with Gasteiger partial charge in [-0.1, -0.05) is 26.8 Å². The van der Waals surface area contributed by atoms with Gasteiger partial charge in [0.05, 0.1) is 29.1 Å². The van der Waals surface area contributed by atoms with E-state index in [1.54, 1.807) is 34.5 Å². The number of hydrogen-bond donors (Lipinski definition) is 0. The number of ether oxygens (including phenoxy) is 1. The van der Waals surface area contributed by atoms with Gasteiger partial charge in [0.15, 0.2) is 11.4 Å². The molecule has 0 unspecified atom stereocenters. The number of fused-ring (bicyclic) bond motifs is 1. The molecule has 0 aliphatic carbocycles. The molecule has 8 heteroatoms. The highest BCUT2D eigenvalue weighted by atomic mass is 16.5. The van der Waals surface area contributed by atoms with Crippen LogP contribution in [0.25, 0.3) is 22.3 Å². The topological polar surface area (TPSA) is 98.6 Å². The van der Waals surface area contributed by atoms with Gasteiger partial charge in [0.1, 0.15) is 6.07 Å². The van der Waals surface area contributed by atoms with E-state index in [9.17, 15) is 10.1 Å². The van der Waals surface area contributed by atoms with Crippen molar-refractivity contribution in [2.45, 2.75) is 27.3 Å². The zero-order chi connectivity index (χ0) is 22.2. The number of imidazole rings is 1. The molecule has 3 heterocycles. The van der Waals surface area contributed by atoms with Crippen LogP contribution >= 0.6 is 0 Å². The van der Waals surface area contributed by atoms with E-state index in [-0.39, 0.29) is 22.7 Å². The first kappa shape index (κ1) is 20.3. The number of nitrogens with zero attached hydrogens (tertiary/aromatic N) is 6. The maximum atomic E-state index is 12.8. The normalized spacial score (nSPS) is 11.5. The highest BCUT2D eigenvalue weighted by Crippen LogP contribution is 2.27. The highest BCUT2D eigenvalue weighted by molar-refractivity contribution is 5.82. The Kier molecular flexibility index (Phi) is 5.03. The molecule has 156 valence electrons. The Labute approximate surface area is 179 Å². The minimum atomic E-state index is -0.0501. The van der Waals surface area contributed by atoms with Crippen LogP contribution in [0.2, 0.25) is 0 Å². The second-order valence-electron chi connectivity index (χ2n) is 8.50. The van der Waals surface area contributed by atoms with Crippen molar-refractivity contribution in [1.29, 1.82) is 5.26 Å². The predicted octanol–water partition coefficient (Wildman–Crippen LogP) is 3.90. The van der Waals surface area contributed by atoms with Crippen molar-refractivity contribution in [3.8, 4) is 29.0 Å². The molecule has 4 rings (SSSR count). The fraction of sp³-hybridized carbons (Fsp3) is 0.261. The summed E-state index contributed by atoms with van der Waals surface area (Å²) in [5.74, 6) is 0.565. The maximum absolute atomic E-state index is 12.8. The van der Waals surface area contributed by atoms with Crippen LogP contribution in [-0.4, -0.2) is 24.1 Å². The van der Waals surface area contributed by atoms with E-state index < -0.39 is 0 Å². The summed E-state index contributed by atoms with van der Waals surface area (Å²) in [5.41, 5.74) is 3.19. The second kappa shape index (κ2) is 7.69. The third-order valence-electron chi connectivity index (χ3n) is 4.78. The summed E-state index contributed by atoms with van der Waals surface area (Å²) in [5, 5.41) is 9.19. The molecule has 0 saturated heterocycles. The smallest absolute Gasteiger partial charge is 0.328 e. The molecule has 0 radical (unpaired) electrons. The van der Waals surface area contributed by atoms with Crippen molar-refractivity contribution in [2.75, 3.05) is 0 Å². The van der Waals surface area contributed by atoms with Gasteiger partial charge in [0, 0.05) is 25.4 Å². The minimum Gasteiger partial charge on any atom is -0.434 e.